The van der Waals surface area contributed by atoms with Gasteiger partial charge in [-0.15, -0.1) is 0 Å². The second-order valence-corrected chi connectivity index (χ2v) is 9.05. The van der Waals surface area contributed by atoms with Crippen molar-refractivity contribution in [1.82, 2.24) is 5.32 Å². The van der Waals surface area contributed by atoms with E-state index in [0.717, 1.165) is 36.8 Å². The Kier molecular flexibility index (Phi) is 6.59. The van der Waals surface area contributed by atoms with Gasteiger partial charge in [-0.2, -0.15) is 0 Å². The number of hydrogen-bond acceptors (Lipinski definition) is 4. The van der Waals surface area contributed by atoms with Gasteiger partial charge in [-0.3, -0.25) is 9.52 Å². The van der Waals surface area contributed by atoms with Crippen molar-refractivity contribution in [3.8, 4) is 0 Å². The minimum Gasteiger partial charge on any atom is -0.385 e. The zero-order valence-corrected chi connectivity index (χ0v) is 17.7. The molecule has 0 spiro atoms. The number of ether oxygens (including phenoxy) is 1. The molecule has 0 radical (unpaired) electrons. The fourth-order valence-corrected chi connectivity index (χ4v) is 4.39. The first-order valence-corrected chi connectivity index (χ1v) is 11.4. The quantitative estimate of drug-likeness (QED) is 0.583. The predicted octanol–water partition coefficient (Wildman–Crippen LogP) is 3.23. The molecule has 156 valence electrons. The molecule has 7 heteroatoms. The molecule has 29 heavy (non-hydrogen) atoms. The van der Waals surface area contributed by atoms with E-state index in [1.807, 2.05) is 31.2 Å². The van der Waals surface area contributed by atoms with Crippen LogP contribution >= 0.6 is 0 Å². The third kappa shape index (κ3) is 4.97. The molecule has 6 nitrogen and oxygen atoms in total. The van der Waals surface area contributed by atoms with Gasteiger partial charge in [0, 0.05) is 25.9 Å². The maximum absolute atomic E-state index is 12.6. The average Bonchev–Trinajstić information content (AvgIpc) is 3.53. The summed E-state index contributed by atoms with van der Waals surface area (Å²) in [4.78, 5) is 12.8. The summed E-state index contributed by atoms with van der Waals surface area (Å²) in [7, 11) is -2.01. The van der Waals surface area contributed by atoms with Crippen LogP contribution in [0.5, 0.6) is 0 Å². The highest BCUT2D eigenvalue weighted by Gasteiger charge is 2.50. The number of hydrogen-bond donors (Lipinski definition) is 2. The Labute approximate surface area is 172 Å². The van der Waals surface area contributed by atoms with Gasteiger partial charge >= 0.3 is 0 Å². The molecule has 1 aliphatic rings. The van der Waals surface area contributed by atoms with Crippen molar-refractivity contribution in [2.45, 2.75) is 42.9 Å². The van der Waals surface area contributed by atoms with E-state index in [4.69, 9.17) is 4.74 Å². The lowest BCUT2D eigenvalue weighted by molar-refractivity contribution is -0.123. The average molecular weight is 417 g/mol. The van der Waals surface area contributed by atoms with Crippen LogP contribution in [0, 0.1) is 0 Å². The van der Waals surface area contributed by atoms with Crippen LogP contribution in [0.15, 0.2) is 53.4 Å². The fourth-order valence-electron chi connectivity index (χ4n) is 3.34. The molecule has 0 aromatic heterocycles. The Balaban J connectivity index is 1.66. The van der Waals surface area contributed by atoms with Crippen LogP contribution in [0.3, 0.4) is 0 Å². The van der Waals surface area contributed by atoms with Crippen molar-refractivity contribution in [2.75, 3.05) is 25.0 Å². The summed E-state index contributed by atoms with van der Waals surface area (Å²) in [5.41, 5.74) is 1.99. The lowest BCUT2D eigenvalue weighted by Crippen LogP contribution is -2.35. The number of rotatable bonds is 10. The maximum atomic E-state index is 12.6. The molecule has 3 rings (SSSR count). The number of benzene rings is 2. The molecule has 0 unspecified atom stereocenters. The molecule has 2 aromatic rings. The minimum absolute atomic E-state index is 0.0259. The molecule has 1 saturated carbocycles. The molecular formula is C22H28N2O4S. The Hall–Kier alpha value is -2.38. The first-order valence-electron chi connectivity index (χ1n) is 9.91. The molecule has 0 atom stereocenters. The molecule has 2 aromatic carbocycles. The van der Waals surface area contributed by atoms with Crippen molar-refractivity contribution >= 4 is 21.6 Å². The number of anilines is 1. The monoisotopic (exact) mass is 416 g/mol. The van der Waals surface area contributed by atoms with Crippen LogP contribution < -0.4 is 10.0 Å². The first-order chi connectivity index (χ1) is 13.9. The van der Waals surface area contributed by atoms with Gasteiger partial charge in [-0.1, -0.05) is 31.2 Å². The topological polar surface area (TPSA) is 84.5 Å². The molecule has 0 saturated heterocycles. The summed E-state index contributed by atoms with van der Waals surface area (Å²) in [5, 5.41) is 2.97. The SMILES string of the molecule is CCc1ccc(S(=O)(=O)Nc2ccc(C3(C(=O)NCCCOC)CC3)cc2)cc1. The lowest BCUT2D eigenvalue weighted by Gasteiger charge is -2.16. The van der Waals surface area contributed by atoms with Crippen LogP contribution in [0.2, 0.25) is 0 Å². The van der Waals surface area contributed by atoms with E-state index in [2.05, 4.69) is 10.0 Å². The summed E-state index contributed by atoms with van der Waals surface area (Å²) < 4.78 is 32.8. The second-order valence-electron chi connectivity index (χ2n) is 7.36. The second kappa shape index (κ2) is 8.97. The summed E-state index contributed by atoms with van der Waals surface area (Å²) >= 11 is 0. The number of methoxy groups -OCH3 is 1. The molecule has 0 bridgehead atoms. The zero-order valence-electron chi connectivity index (χ0n) is 16.9. The summed E-state index contributed by atoms with van der Waals surface area (Å²) in [6.07, 6.45) is 3.24. The smallest absolute Gasteiger partial charge is 0.261 e. The molecular weight excluding hydrogens is 388 g/mol. The van der Waals surface area contributed by atoms with E-state index in [-0.39, 0.29) is 10.8 Å². The standard InChI is InChI=1S/C22H28N2O4S/c1-3-17-5-11-20(12-6-17)29(26,27)24-19-9-7-18(8-10-19)22(13-14-22)21(25)23-15-4-16-28-2/h5-12,24H,3-4,13-16H2,1-2H3,(H,23,25). The van der Waals surface area contributed by atoms with Gasteiger partial charge in [-0.05, 0) is 61.1 Å². The largest absolute Gasteiger partial charge is 0.385 e. The van der Waals surface area contributed by atoms with Crippen LogP contribution in [0.4, 0.5) is 5.69 Å². The maximum Gasteiger partial charge on any atom is 0.261 e. The predicted molar refractivity (Wildman–Crippen MR) is 113 cm³/mol. The lowest BCUT2D eigenvalue weighted by atomic mass is 9.95. The van der Waals surface area contributed by atoms with E-state index in [1.165, 1.54) is 0 Å². The molecule has 0 heterocycles. The number of sulfonamides is 1. The van der Waals surface area contributed by atoms with E-state index in [1.54, 1.807) is 31.4 Å². The van der Waals surface area contributed by atoms with Gasteiger partial charge in [0.1, 0.15) is 0 Å². The van der Waals surface area contributed by atoms with Gasteiger partial charge in [0.25, 0.3) is 10.0 Å². The van der Waals surface area contributed by atoms with Gasteiger partial charge < -0.3 is 10.1 Å². The van der Waals surface area contributed by atoms with Crippen molar-refractivity contribution < 1.29 is 17.9 Å². The van der Waals surface area contributed by atoms with Crippen molar-refractivity contribution in [3.63, 3.8) is 0 Å². The third-order valence-corrected chi connectivity index (χ3v) is 6.72. The van der Waals surface area contributed by atoms with Crippen molar-refractivity contribution in [1.29, 1.82) is 0 Å². The van der Waals surface area contributed by atoms with Crippen LogP contribution in [-0.4, -0.2) is 34.6 Å². The van der Waals surface area contributed by atoms with E-state index in [0.29, 0.717) is 18.8 Å². The third-order valence-electron chi connectivity index (χ3n) is 5.33. The highest BCUT2D eigenvalue weighted by atomic mass is 32.2. The number of aryl methyl sites for hydroxylation is 1. The fraction of sp³-hybridized carbons (Fsp3) is 0.409. The highest BCUT2D eigenvalue weighted by Crippen LogP contribution is 2.48. The minimum atomic E-state index is -3.65. The molecule has 1 aliphatic carbocycles. The molecule has 1 fully saturated rings. The molecule has 0 aliphatic heterocycles. The zero-order chi connectivity index (χ0) is 20.9. The van der Waals surface area contributed by atoms with E-state index < -0.39 is 15.4 Å². The number of nitrogens with one attached hydrogen (secondary N) is 2. The van der Waals surface area contributed by atoms with Crippen LogP contribution in [0.1, 0.15) is 37.3 Å². The molecule has 2 N–H and O–H groups in total. The molecule has 1 amide bonds. The van der Waals surface area contributed by atoms with E-state index in [9.17, 15) is 13.2 Å². The summed E-state index contributed by atoms with van der Waals surface area (Å²) in [5.74, 6) is 0.0259. The normalized spacial score (nSPS) is 15.0. The van der Waals surface area contributed by atoms with Crippen LogP contribution in [0.25, 0.3) is 0 Å². The van der Waals surface area contributed by atoms with Gasteiger partial charge in [0.15, 0.2) is 0 Å². The Morgan fingerprint density at radius 2 is 1.72 bits per heavy atom. The highest BCUT2D eigenvalue weighted by molar-refractivity contribution is 7.92. The van der Waals surface area contributed by atoms with Gasteiger partial charge in [0.05, 0.1) is 10.3 Å². The van der Waals surface area contributed by atoms with Crippen molar-refractivity contribution in [2.24, 2.45) is 0 Å². The Morgan fingerprint density at radius 1 is 1.07 bits per heavy atom. The van der Waals surface area contributed by atoms with Crippen molar-refractivity contribution in [3.05, 3.63) is 59.7 Å². The summed E-state index contributed by atoms with van der Waals surface area (Å²) in [6.45, 7) is 3.22. The van der Waals surface area contributed by atoms with Gasteiger partial charge in [0.2, 0.25) is 5.91 Å². The summed E-state index contributed by atoms with van der Waals surface area (Å²) in [6, 6.07) is 14.0. The number of amides is 1. The number of carbonyl (C=O) groups excluding carboxylic acids is 1. The van der Waals surface area contributed by atoms with Gasteiger partial charge in [-0.25, -0.2) is 8.42 Å². The Bertz CT molecular complexity index is 934. The first kappa shape index (κ1) is 21.3. The van der Waals surface area contributed by atoms with Crippen LogP contribution in [-0.2, 0) is 31.4 Å². The van der Waals surface area contributed by atoms with E-state index >= 15 is 0 Å². The number of carbonyl (C=O) groups is 1. The Morgan fingerprint density at radius 3 is 2.28 bits per heavy atom.